The smallest absolute Gasteiger partial charge is 0.328 e. The van der Waals surface area contributed by atoms with Crippen molar-refractivity contribution in [3.63, 3.8) is 0 Å². The van der Waals surface area contributed by atoms with Crippen LogP contribution in [0.4, 0.5) is 0 Å². The second-order valence-electron chi connectivity index (χ2n) is 7.10. The van der Waals surface area contributed by atoms with E-state index in [4.69, 9.17) is 26.5 Å². The minimum Gasteiger partial charge on any atom is -0.461 e. The summed E-state index contributed by atoms with van der Waals surface area (Å²) in [6.07, 6.45) is 1.45. The number of aromatic amines is 1. The zero-order chi connectivity index (χ0) is 22.3. The van der Waals surface area contributed by atoms with Crippen molar-refractivity contribution in [3.05, 3.63) is 35.0 Å². The Balaban J connectivity index is 2.13. The predicted molar refractivity (Wildman–Crippen MR) is 114 cm³/mol. The van der Waals surface area contributed by atoms with Crippen LogP contribution >= 0.6 is 11.6 Å². The van der Waals surface area contributed by atoms with E-state index in [-0.39, 0.29) is 25.4 Å². The third kappa shape index (κ3) is 6.14. The van der Waals surface area contributed by atoms with E-state index in [2.05, 4.69) is 10.3 Å². The first-order chi connectivity index (χ1) is 14.3. The number of para-hydroxylation sites is 1. The fraction of sp³-hybridized carbons (Fsp3) is 0.429. The maximum Gasteiger partial charge on any atom is 0.328 e. The fourth-order valence-electron chi connectivity index (χ4n) is 3.01. The number of rotatable bonds is 11. The van der Waals surface area contributed by atoms with Crippen LogP contribution in [0.5, 0.6) is 0 Å². The number of methoxy groups -OCH3 is 1. The number of halogens is 1. The average Bonchev–Trinajstić information content (AvgIpc) is 3.12. The monoisotopic (exact) mass is 435 g/mol. The summed E-state index contributed by atoms with van der Waals surface area (Å²) in [6.45, 7) is 3.39. The van der Waals surface area contributed by atoms with Crippen LogP contribution in [0.3, 0.4) is 0 Å². The maximum atomic E-state index is 12.8. The van der Waals surface area contributed by atoms with E-state index in [0.717, 1.165) is 16.5 Å². The Kier molecular flexibility index (Phi) is 8.56. The summed E-state index contributed by atoms with van der Waals surface area (Å²) in [5.74, 6) is -1.57. The quantitative estimate of drug-likeness (QED) is 0.370. The van der Waals surface area contributed by atoms with Gasteiger partial charge < -0.3 is 25.2 Å². The lowest BCUT2D eigenvalue weighted by Crippen LogP contribution is -2.48. The van der Waals surface area contributed by atoms with Gasteiger partial charge >= 0.3 is 5.97 Å². The Labute approximate surface area is 179 Å². The van der Waals surface area contributed by atoms with E-state index in [0.29, 0.717) is 11.2 Å². The highest BCUT2D eigenvalue weighted by Gasteiger charge is 2.28. The molecule has 1 aromatic heterocycles. The lowest BCUT2D eigenvalue weighted by Gasteiger charge is -2.22. The number of ketones is 1. The number of Topliss-reactive ketones (excluding diaryl/α,β-unsaturated/α-hetero) is 1. The van der Waals surface area contributed by atoms with E-state index < -0.39 is 29.8 Å². The molecule has 0 saturated heterocycles. The highest BCUT2D eigenvalue weighted by atomic mass is 35.5. The molecule has 0 unspecified atom stereocenters. The molecular formula is C21H26ClN3O5. The molecule has 0 bridgehead atoms. The number of fused-ring (bicyclic) bond motifs is 1. The maximum absolute atomic E-state index is 12.8. The van der Waals surface area contributed by atoms with E-state index in [1.54, 1.807) is 26.1 Å². The van der Waals surface area contributed by atoms with Crippen molar-refractivity contribution in [2.75, 3.05) is 7.11 Å². The van der Waals surface area contributed by atoms with Gasteiger partial charge in [0.05, 0.1) is 22.9 Å². The standard InChI is InChI=1S/C21H26ClN3O5/c1-12(2)30-21(28)17(8-7-14(26)10-23)25-20(27)18(29-3)9-13-11-24-19-15(13)5-4-6-16(19)22/h4-6,10-12,17-18,23-24H,7-9H2,1-3H3,(H,25,27)/t17-,18-/m0/s1. The van der Waals surface area contributed by atoms with Gasteiger partial charge in [0.15, 0.2) is 5.78 Å². The van der Waals surface area contributed by atoms with Crippen LogP contribution in [-0.4, -0.2) is 54.2 Å². The summed E-state index contributed by atoms with van der Waals surface area (Å²) in [6, 6.07) is 4.47. The molecule has 0 saturated carbocycles. The van der Waals surface area contributed by atoms with E-state index in [9.17, 15) is 14.4 Å². The first-order valence-electron chi connectivity index (χ1n) is 9.58. The Morgan fingerprint density at radius 2 is 2.03 bits per heavy atom. The van der Waals surface area contributed by atoms with Gasteiger partial charge in [0.1, 0.15) is 12.1 Å². The van der Waals surface area contributed by atoms with Crippen molar-refractivity contribution >= 4 is 46.4 Å². The molecule has 1 heterocycles. The fourth-order valence-corrected chi connectivity index (χ4v) is 3.24. The van der Waals surface area contributed by atoms with Crippen LogP contribution in [0.25, 0.3) is 10.9 Å². The molecule has 162 valence electrons. The molecule has 0 radical (unpaired) electrons. The van der Waals surface area contributed by atoms with Crippen LogP contribution in [0.15, 0.2) is 24.4 Å². The van der Waals surface area contributed by atoms with Crippen LogP contribution in [0.1, 0.15) is 32.3 Å². The van der Waals surface area contributed by atoms with E-state index >= 15 is 0 Å². The second kappa shape index (κ2) is 10.9. The molecule has 0 aliphatic rings. The largest absolute Gasteiger partial charge is 0.461 e. The van der Waals surface area contributed by atoms with Crippen LogP contribution < -0.4 is 5.32 Å². The van der Waals surface area contributed by atoms with E-state index in [1.165, 1.54) is 7.11 Å². The molecule has 3 N–H and O–H groups in total. The minimum atomic E-state index is -1.01. The van der Waals surface area contributed by atoms with Crippen LogP contribution in [-0.2, 0) is 30.3 Å². The Bertz CT molecular complexity index is 925. The van der Waals surface area contributed by atoms with E-state index in [1.807, 2.05) is 12.1 Å². The van der Waals surface area contributed by atoms with Gasteiger partial charge in [-0.25, -0.2) is 4.79 Å². The number of amides is 1. The summed E-state index contributed by atoms with van der Waals surface area (Å²) < 4.78 is 10.5. The molecule has 2 atom stereocenters. The molecule has 9 heteroatoms. The van der Waals surface area contributed by atoms with Gasteiger partial charge in [0, 0.05) is 31.5 Å². The van der Waals surface area contributed by atoms with Crippen molar-refractivity contribution in [2.24, 2.45) is 0 Å². The zero-order valence-electron chi connectivity index (χ0n) is 17.2. The number of carbonyl (C=O) groups excluding carboxylic acids is 3. The first-order valence-corrected chi connectivity index (χ1v) is 9.96. The number of carbonyl (C=O) groups is 3. The van der Waals surface area contributed by atoms with Gasteiger partial charge in [-0.15, -0.1) is 0 Å². The Morgan fingerprint density at radius 3 is 2.67 bits per heavy atom. The summed E-state index contributed by atoms with van der Waals surface area (Å²) >= 11 is 6.18. The molecule has 30 heavy (non-hydrogen) atoms. The third-order valence-corrected chi connectivity index (χ3v) is 4.84. The van der Waals surface area contributed by atoms with Crippen molar-refractivity contribution in [2.45, 2.75) is 51.4 Å². The SMILES string of the molecule is CO[C@@H](Cc1c[nH]c2c(Cl)cccc12)C(=O)N[C@@H](CCC(=O)C=N)C(=O)OC(C)C. The number of benzene rings is 1. The molecule has 0 fully saturated rings. The normalized spacial score (nSPS) is 13.1. The molecule has 0 aliphatic carbocycles. The molecule has 2 rings (SSSR count). The average molecular weight is 436 g/mol. The predicted octanol–water partition coefficient (Wildman–Crippen LogP) is 2.81. The second-order valence-corrected chi connectivity index (χ2v) is 7.51. The number of H-pyrrole nitrogens is 1. The van der Waals surface area contributed by atoms with Crippen molar-refractivity contribution in [1.29, 1.82) is 5.41 Å². The minimum absolute atomic E-state index is 0.0324. The molecule has 0 aliphatic heterocycles. The van der Waals surface area contributed by atoms with Gasteiger partial charge in [-0.1, -0.05) is 23.7 Å². The lowest BCUT2D eigenvalue weighted by atomic mass is 10.0. The molecule has 0 spiro atoms. The number of aromatic nitrogens is 1. The topological polar surface area (TPSA) is 121 Å². The van der Waals surface area contributed by atoms with Gasteiger partial charge in [0.2, 0.25) is 5.91 Å². The van der Waals surface area contributed by atoms with Gasteiger partial charge in [-0.05, 0) is 31.9 Å². The summed E-state index contributed by atoms with van der Waals surface area (Å²) in [7, 11) is 1.41. The summed E-state index contributed by atoms with van der Waals surface area (Å²) in [4.78, 5) is 39.7. The van der Waals surface area contributed by atoms with Gasteiger partial charge in [-0.3, -0.25) is 9.59 Å². The molecular weight excluding hydrogens is 410 g/mol. The van der Waals surface area contributed by atoms with Crippen molar-refractivity contribution in [1.82, 2.24) is 10.3 Å². The van der Waals surface area contributed by atoms with Crippen LogP contribution in [0.2, 0.25) is 5.02 Å². The van der Waals surface area contributed by atoms with Gasteiger partial charge in [0.25, 0.3) is 0 Å². The summed E-state index contributed by atoms with van der Waals surface area (Å²) in [5.41, 5.74) is 1.61. The van der Waals surface area contributed by atoms with Crippen molar-refractivity contribution in [3.8, 4) is 0 Å². The Hall–Kier alpha value is -2.71. The van der Waals surface area contributed by atoms with Gasteiger partial charge in [-0.2, -0.15) is 0 Å². The number of ether oxygens (including phenoxy) is 2. The first kappa shape index (κ1) is 23.6. The molecule has 2 aromatic rings. The van der Waals surface area contributed by atoms with Crippen LogP contribution in [0, 0.1) is 5.41 Å². The summed E-state index contributed by atoms with van der Waals surface area (Å²) in [5, 5.41) is 11.1. The highest BCUT2D eigenvalue weighted by molar-refractivity contribution is 6.35. The third-order valence-electron chi connectivity index (χ3n) is 4.53. The lowest BCUT2D eigenvalue weighted by molar-refractivity contribution is -0.152. The zero-order valence-corrected chi connectivity index (χ0v) is 17.9. The Morgan fingerprint density at radius 1 is 1.30 bits per heavy atom. The number of esters is 1. The molecule has 1 amide bonds. The number of nitrogens with one attached hydrogen (secondary N) is 3. The molecule has 8 nitrogen and oxygen atoms in total. The highest BCUT2D eigenvalue weighted by Crippen LogP contribution is 2.26. The number of hydrogen-bond donors (Lipinski definition) is 3. The number of hydrogen-bond acceptors (Lipinski definition) is 6. The molecule has 1 aromatic carbocycles. The van der Waals surface area contributed by atoms with Crippen molar-refractivity contribution < 1.29 is 23.9 Å².